The van der Waals surface area contributed by atoms with E-state index in [0.717, 1.165) is 5.69 Å². The Morgan fingerprint density at radius 2 is 2.28 bits per heavy atom. The minimum atomic E-state index is -0.297. The van der Waals surface area contributed by atoms with Crippen LogP contribution in [0.5, 0.6) is 5.75 Å². The van der Waals surface area contributed by atoms with Gasteiger partial charge in [0.05, 0.1) is 18.8 Å². The molecule has 132 valence electrons. The lowest BCUT2D eigenvalue weighted by Gasteiger charge is -2.32. The molecule has 1 N–H and O–H groups in total. The first kappa shape index (κ1) is 17.2. The van der Waals surface area contributed by atoms with Gasteiger partial charge in [-0.1, -0.05) is 6.07 Å². The summed E-state index contributed by atoms with van der Waals surface area (Å²) in [5.74, 6) is 0.412. The molecule has 0 unspecified atom stereocenters. The summed E-state index contributed by atoms with van der Waals surface area (Å²) in [6, 6.07) is 8.34. The highest BCUT2D eigenvalue weighted by Gasteiger charge is 2.29. The third-order valence-electron chi connectivity index (χ3n) is 4.04. The quantitative estimate of drug-likeness (QED) is 0.872. The average molecular weight is 343 g/mol. The lowest BCUT2D eigenvalue weighted by molar-refractivity contribution is -0.124. The Bertz CT molecular complexity index is 772. The zero-order valence-electron chi connectivity index (χ0n) is 14.1. The van der Waals surface area contributed by atoms with Crippen LogP contribution in [0.15, 0.2) is 47.5 Å². The molecule has 7 heteroatoms. The molecule has 7 nitrogen and oxygen atoms in total. The first-order chi connectivity index (χ1) is 12.1. The molecule has 3 rings (SSSR count). The number of aromatic nitrogens is 2. The smallest absolute Gasteiger partial charge is 0.250 e. The average Bonchev–Trinajstić information content (AvgIpc) is 2.61. The molecule has 3 heterocycles. The zero-order valence-corrected chi connectivity index (χ0v) is 14.1. The van der Waals surface area contributed by atoms with Gasteiger partial charge in [-0.15, -0.1) is 0 Å². The lowest BCUT2D eigenvalue weighted by Crippen LogP contribution is -2.52. The summed E-state index contributed by atoms with van der Waals surface area (Å²) in [5, 5.41) is 2.95. The van der Waals surface area contributed by atoms with E-state index >= 15 is 0 Å². The molecule has 1 saturated heterocycles. The van der Waals surface area contributed by atoms with Gasteiger partial charge in [0, 0.05) is 24.6 Å². The van der Waals surface area contributed by atoms with Crippen molar-refractivity contribution in [2.45, 2.75) is 32.0 Å². The molecule has 1 amide bonds. The Kier molecular flexibility index (Phi) is 5.45. The van der Waals surface area contributed by atoms with Crippen LogP contribution in [0.25, 0.3) is 0 Å². The van der Waals surface area contributed by atoms with Gasteiger partial charge < -0.3 is 19.4 Å². The van der Waals surface area contributed by atoms with E-state index < -0.39 is 0 Å². The molecule has 0 spiro atoms. The fourth-order valence-electron chi connectivity index (χ4n) is 2.69. The minimum Gasteiger partial charge on any atom is -0.484 e. The van der Waals surface area contributed by atoms with E-state index in [-0.39, 0.29) is 30.2 Å². The van der Waals surface area contributed by atoms with E-state index in [1.807, 2.05) is 19.1 Å². The van der Waals surface area contributed by atoms with Crippen LogP contribution in [0.4, 0.5) is 0 Å². The first-order valence-electron chi connectivity index (χ1n) is 8.24. The van der Waals surface area contributed by atoms with E-state index in [0.29, 0.717) is 25.4 Å². The summed E-state index contributed by atoms with van der Waals surface area (Å²) in [4.78, 5) is 28.2. The fourth-order valence-corrected chi connectivity index (χ4v) is 2.69. The molecule has 2 aromatic rings. The molecule has 1 aliphatic heterocycles. The maximum absolute atomic E-state index is 12.3. The maximum Gasteiger partial charge on any atom is 0.250 e. The van der Waals surface area contributed by atoms with Crippen molar-refractivity contribution in [1.29, 1.82) is 0 Å². The fraction of sp³-hybridized carbons (Fsp3) is 0.389. The topological polar surface area (TPSA) is 82.5 Å². The molecular weight excluding hydrogens is 322 g/mol. The van der Waals surface area contributed by atoms with Gasteiger partial charge in [0.25, 0.3) is 5.56 Å². The Labute approximate surface area is 145 Å². The number of aryl methyl sites for hydroxylation is 1. The van der Waals surface area contributed by atoms with Crippen LogP contribution in [0.3, 0.4) is 0 Å². The van der Waals surface area contributed by atoms with Crippen molar-refractivity contribution in [3.05, 3.63) is 58.8 Å². The molecule has 0 aromatic carbocycles. The molecule has 0 radical (unpaired) electrons. The van der Waals surface area contributed by atoms with Gasteiger partial charge in [-0.3, -0.25) is 14.6 Å². The monoisotopic (exact) mass is 343 g/mol. The van der Waals surface area contributed by atoms with Gasteiger partial charge in [0.15, 0.2) is 0 Å². The van der Waals surface area contributed by atoms with Gasteiger partial charge in [-0.2, -0.15) is 0 Å². The number of hydrogen-bond donors (Lipinski definition) is 1. The van der Waals surface area contributed by atoms with E-state index in [4.69, 9.17) is 9.47 Å². The Balaban J connectivity index is 1.62. The van der Waals surface area contributed by atoms with Gasteiger partial charge in [0.2, 0.25) is 5.91 Å². The second-order valence-electron chi connectivity index (χ2n) is 6.00. The molecule has 2 atom stereocenters. The summed E-state index contributed by atoms with van der Waals surface area (Å²) in [5.41, 5.74) is 0.702. The van der Waals surface area contributed by atoms with Crippen molar-refractivity contribution in [3.8, 4) is 5.75 Å². The molecule has 0 bridgehead atoms. The van der Waals surface area contributed by atoms with Gasteiger partial charge in [-0.25, -0.2) is 0 Å². The van der Waals surface area contributed by atoms with Crippen LogP contribution in [0.2, 0.25) is 0 Å². The molecule has 0 aliphatic carbocycles. The molecule has 25 heavy (non-hydrogen) atoms. The Morgan fingerprint density at radius 1 is 1.40 bits per heavy atom. The second kappa shape index (κ2) is 7.94. The zero-order chi connectivity index (χ0) is 17.6. The van der Waals surface area contributed by atoms with Gasteiger partial charge in [-0.05, 0) is 31.5 Å². The van der Waals surface area contributed by atoms with E-state index in [2.05, 4.69) is 10.3 Å². The number of rotatable bonds is 5. The predicted molar refractivity (Wildman–Crippen MR) is 91.5 cm³/mol. The Hall–Kier alpha value is -2.67. The lowest BCUT2D eigenvalue weighted by atomic mass is 10.1. The van der Waals surface area contributed by atoms with E-state index in [1.165, 1.54) is 10.6 Å². The highest BCUT2D eigenvalue weighted by Crippen LogP contribution is 2.17. The number of ether oxygens (including phenoxy) is 2. The van der Waals surface area contributed by atoms with Gasteiger partial charge >= 0.3 is 0 Å². The SMILES string of the molecule is Cc1ccc(O[C@H]2COCC[C@H]2NC(=O)Cn2ccccc2=O)cn1. The molecular formula is C18H21N3O4. The molecule has 2 aromatic heterocycles. The molecule has 1 aliphatic rings. The van der Waals surface area contributed by atoms with Crippen molar-refractivity contribution < 1.29 is 14.3 Å². The summed E-state index contributed by atoms with van der Waals surface area (Å²) >= 11 is 0. The number of nitrogens with one attached hydrogen (secondary N) is 1. The third kappa shape index (κ3) is 4.67. The third-order valence-corrected chi connectivity index (χ3v) is 4.04. The van der Waals surface area contributed by atoms with Gasteiger partial charge in [0.1, 0.15) is 18.4 Å². The van der Waals surface area contributed by atoms with Crippen LogP contribution in [-0.4, -0.2) is 40.8 Å². The minimum absolute atomic E-state index is 0.0180. The number of carbonyl (C=O) groups is 1. The van der Waals surface area contributed by atoms with Crippen molar-refractivity contribution in [2.75, 3.05) is 13.2 Å². The van der Waals surface area contributed by atoms with Crippen molar-refractivity contribution in [2.24, 2.45) is 0 Å². The van der Waals surface area contributed by atoms with Crippen LogP contribution in [-0.2, 0) is 16.1 Å². The molecule has 1 fully saturated rings. The van der Waals surface area contributed by atoms with Crippen molar-refractivity contribution in [3.63, 3.8) is 0 Å². The summed E-state index contributed by atoms with van der Waals surface area (Å²) in [6.07, 6.45) is 3.61. The highest BCUT2D eigenvalue weighted by molar-refractivity contribution is 5.76. The summed E-state index contributed by atoms with van der Waals surface area (Å²) in [7, 11) is 0. The molecule has 0 saturated carbocycles. The van der Waals surface area contributed by atoms with E-state index in [1.54, 1.807) is 24.5 Å². The summed E-state index contributed by atoms with van der Waals surface area (Å²) < 4.78 is 12.8. The Morgan fingerprint density at radius 3 is 3.04 bits per heavy atom. The highest BCUT2D eigenvalue weighted by atomic mass is 16.5. The van der Waals surface area contributed by atoms with Crippen molar-refractivity contribution >= 4 is 5.91 Å². The first-order valence-corrected chi connectivity index (χ1v) is 8.24. The number of pyridine rings is 2. The second-order valence-corrected chi connectivity index (χ2v) is 6.00. The largest absolute Gasteiger partial charge is 0.484 e. The standard InChI is InChI=1S/C18H21N3O4/c1-13-5-6-14(10-19-13)25-16-12-24-9-7-15(16)20-17(22)11-21-8-3-2-4-18(21)23/h2-6,8,10,15-16H,7,9,11-12H2,1H3,(H,20,22)/t15-,16+/m1/s1. The number of amides is 1. The van der Waals surface area contributed by atoms with Crippen molar-refractivity contribution in [1.82, 2.24) is 14.9 Å². The number of carbonyl (C=O) groups excluding carboxylic acids is 1. The summed E-state index contributed by atoms with van der Waals surface area (Å²) in [6.45, 7) is 2.84. The maximum atomic E-state index is 12.3. The van der Waals surface area contributed by atoms with Crippen LogP contribution in [0.1, 0.15) is 12.1 Å². The van der Waals surface area contributed by atoms with Crippen LogP contribution in [0, 0.1) is 6.92 Å². The van der Waals surface area contributed by atoms with Crippen LogP contribution >= 0.6 is 0 Å². The predicted octanol–water partition coefficient (Wildman–Crippen LogP) is 0.904. The normalized spacial score (nSPS) is 20.0. The van der Waals surface area contributed by atoms with E-state index in [9.17, 15) is 9.59 Å². The number of hydrogen-bond acceptors (Lipinski definition) is 5. The van der Waals surface area contributed by atoms with Crippen LogP contribution < -0.4 is 15.6 Å². The number of nitrogens with zero attached hydrogens (tertiary/aromatic N) is 2.